The van der Waals surface area contributed by atoms with E-state index in [1.807, 2.05) is 0 Å². The molecule has 2 heteroatoms. The number of carbonyl (C=O) groups is 1. The van der Waals surface area contributed by atoms with E-state index in [0.29, 0.717) is 11.8 Å². The molecule has 1 unspecified atom stereocenters. The molecule has 2 nitrogen and oxygen atoms in total. The highest BCUT2D eigenvalue weighted by molar-refractivity contribution is 5.87. The average Bonchev–Trinajstić information content (AvgIpc) is 3.25. The molecule has 1 saturated carbocycles. The maximum absolute atomic E-state index is 12.8. The van der Waals surface area contributed by atoms with Gasteiger partial charge in [-0.2, -0.15) is 0 Å². The van der Waals surface area contributed by atoms with E-state index < -0.39 is 0 Å². The molecular formula is C21H25NO. The number of benzene rings is 2. The summed E-state index contributed by atoms with van der Waals surface area (Å²) < 4.78 is 0. The van der Waals surface area contributed by atoms with Crippen LogP contribution in [0.5, 0.6) is 0 Å². The topological polar surface area (TPSA) is 20.3 Å². The van der Waals surface area contributed by atoms with Crippen LogP contribution in [-0.2, 0) is 4.79 Å². The van der Waals surface area contributed by atoms with Crippen LogP contribution in [0.15, 0.2) is 42.5 Å². The zero-order chi connectivity index (χ0) is 15.6. The van der Waals surface area contributed by atoms with Gasteiger partial charge in [-0.05, 0) is 47.9 Å². The van der Waals surface area contributed by atoms with Crippen LogP contribution in [0.4, 0.5) is 0 Å². The molecular weight excluding hydrogens is 282 g/mol. The molecule has 1 heterocycles. The molecule has 120 valence electrons. The van der Waals surface area contributed by atoms with Crippen molar-refractivity contribution in [2.75, 3.05) is 6.54 Å². The number of nitrogens with zero attached hydrogens (tertiary/aromatic N) is 1. The first-order valence-corrected chi connectivity index (χ1v) is 9.10. The third-order valence-corrected chi connectivity index (χ3v) is 5.69. The lowest BCUT2D eigenvalue weighted by molar-refractivity contribution is -0.133. The van der Waals surface area contributed by atoms with Crippen LogP contribution in [0.1, 0.15) is 56.6 Å². The van der Waals surface area contributed by atoms with Gasteiger partial charge in [-0.15, -0.1) is 0 Å². The number of hydrogen-bond donors (Lipinski definition) is 0. The van der Waals surface area contributed by atoms with Crippen molar-refractivity contribution in [2.24, 2.45) is 5.92 Å². The Morgan fingerprint density at radius 3 is 2.61 bits per heavy atom. The highest BCUT2D eigenvalue weighted by Gasteiger charge is 2.32. The van der Waals surface area contributed by atoms with E-state index in [9.17, 15) is 4.79 Å². The van der Waals surface area contributed by atoms with Crippen LogP contribution in [-0.4, -0.2) is 17.4 Å². The number of amides is 1. The van der Waals surface area contributed by atoms with Crippen LogP contribution in [0.2, 0.25) is 0 Å². The smallest absolute Gasteiger partial charge is 0.223 e. The lowest BCUT2D eigenvalue weighted by atomic mass is 9.96. The van der Waals surface area contributed by atoms with Gasteiger partial charge >= 0.3 is 0 Å². The van der Waals surface area contributed by atoms with E-state index in [4.69, 9.17) is 0 Å². The van der Waals surface area contributed by atoms with E-state index >= 15 is 0 Å². The minimum absolute atomic E-state index is 0.273. The number of rotatable bonds is 3. The summed E-state index contributed by atoms with van der Waals surface area (Å²) in [4.78, 5) is 15.0. The van der Waals surface area contributed by atoms with Gasteiger partial charge in [-0.25, -0.2) is 0 Å². The molecule has 0 N–H and O–H groups in total. The van der Waals surface area contributed by atoms with Crippen LogP contribution < -0.4 is 0 Å². The number of fused-ring (bicyclic) bond motifs is 1. The summed E-state index contributed by atoms with van der Waals surface area (Å²) in [5, 5.41) is 2.58. The second-order valence-corrected chi connectivity index (χ2v) is 7.17. The third-order valence-electron chi connectivity index (χ3n) is 5.69. The van der Waals surface area contributed by atoms with Crippen molar-refractivity contribution in [3.05, 3.63) is 48.0 Å². The normalized spacial score (nSPS) is 22.1. The summed E-state index contributed by atoms with van der Waals surface area (Å²) in [6.07, 6.45) is 8.11. The summed E-state index contributed by atoms with van der Waals surface area (Å²) >= 11 is 0. The van der Waals surface area contributed by atoms with Gasteiger partial charge in [-0.1, -0.05) is 55.3 Å². The summed E-state index contributed by atoms with van der Waals surface area (Å²) in [6, 6.07) is 15.3. The molecule has 1 saturated heterocycles. The van der Waals surface area contributed by atoms with Crippen molar-refractivity contribution in [2.45, 2.75) is 51.0 Å². The number of carbonyl (C=O) groups excluding carboxylic acids is 1. The molecule has 2 aliphatic rings. The van der Waals surface area contributed by atoms with Crippen LogP contribution in [0, 0.1) is 5.92 Å². The van der Waals surface area contributed by atoms with Gasteiger partial charge in [0.1, 0.15) is 0 Å². The van der Waals surface area contributed by atoms with Crippen molar-refractivity contribution in [1.82, 2.24) is 4.90 Å². The fraction of sp³-hybridized carbons (Fsp3) is 0.476. The van der Waals surface area contributed by atoms with Crippen LogP contribution in [0.3, 0.4) is 0 Å². The minimum atomic E-state index is 0.273. The zero-order valence-corrected chi connectivity index (χ0v) is 13.7. The van der Waals surface area contributed by atoms with Gasteiger partial charge in [-0.3, -0.25) is 4.79 Å². The molecule has 1 amide bonds. The Kier molecular flexibility index (Phi) is 4.07. The monoisotopic (exact) mass is 307 g/mol. The van der Waals surface area contributed by atoms with Crippen molar-refractivity contribution in [1.29, 1.82) is 0 Å². The molecule has 1 aliphatic carbocycles. The predicted molar refractivity (Wildman–Crippen MR) is 94.2 cm³/mol. The van der Waals surface area contributed by atoms with Gasteiger partial charge in [0.15, 0.2) is 0 Å². The van der Waals surface area contributed by atoms with Crippen LogP contribution in [0.25, 0.3) is 10.8 Å². The van der Waals surface area contributed by atoms with Crippen molar-refractivity contribution < 1.29 is 4.79 Å². The molecule has 4 rings (SSSR count). The van der Waals surface area contributed by atoms with Gasteiger partial charge in [0, 0.05) is 13.0 Å². The highest BCUT2D eigenvalue weighted by Crippen LogP contribution is 2.37. The second kappa shape index (κ2) is 6.35. The van der Waals surface area contributed by atoms with E-state index in [1.165, 1.54) is 42.0 Å². The second-order valence-electron chi connectivity index (χ2n) is 7.17. The first-order valence-electron chi connectivity index (χ1n) is 9.10. The molecule has 0 aromatic heterocycles. The van der Waals surface area contributed by atoms with E-state index in [-0.39, 0.29) is 6.04 Å². The van der Waals surface area contributed by atoms with Gasteiger partial charge in [0.25, 0.3) is 0 Å². The first-order chi connectivity index (χ1) is 11.3. The number of hydrogen-bond acceptors (Lipinski definition) is 1. The fourth-order valence-corrected chi connectivity index (χ4v) is 4.51. The Balaban J connectivity index is 1.60. The molecule has 0 radical (unpaired) electrons. The Hall–Kier alpha value is -1.83. The Morgan fingerprint density at radius 1 is 0.957 bits per heavy atom. The lowest BCUT2D eigenvalue weighted by Crippen LogP contribution is -2.31. The quantitative estimate of drug-likeness (QED) is 0.774. The van der Waals surface area contributed by atoms with Crippen molar-refractivity contribution in [3.8, 4) is 0 Å². The SMILES string of the molecule is O=C(CC1CCCC1)N1CCCC1c1cccc2ccccc12. The van der Waals surface area contributed by atoms with Gasteiger partial charge < -0.3 is 4.90 Å². The first kappa shape index (κ1) is 14.7. The zero-order valence-electron chi connectivity index (χ0n) is 13.7. The van der Waals surface area contributed by atoms with Crippen LogP contribution >= 0.6 is 0 Å². The molecule has 2 fully saturated rings. The Bertz CT molecular complexity index is 697. The maximum atomic E-state index is 12.8. The minimum Gasteiger partial charge on any atom is -0.336 e. The molecule has 2 aromatic rings. The van der Waals surface area contributed by atoms with E-state index in [2.05, 4.69) is 47.4 Å². The van der Waals surface area contributed by atoms with Crippen molar-refractivity contribution in [3.63, 3.8) is 0 Å². The average molecular weight is 307 g/mol. The van der Waals surface area contributed by atoms with E-state index in [0.717, 1.165) is 25.8 Å². The molecule has 23 heavy (non-hydrogen) atoms. The third kappa shape index (κ3) is 2.87. The van der Waals surface area contributed by atoms with E-state index in [1.54, 1.807) is 0 Å². The highest BCUT2D eigenvalue weighted by atomic mass is 16.2. The van der Waals surface area contributed by atoms with Gasteiger partial charge in [0.2, 0.25) is 5.91 Å². The predicted octanol–water partition coefficient (Wildman–Crippen LogP) is 5.08. The van der Waals surface area contributed by atoms with Gasteiger partial charge in [0.05, 0.1) is 6.04 Å². The molecule has 0 bridgehead atoms. The molecule has 1 atom stereocenters. The van der Waals surface area contributed by atoms with Crippen molar-refractivity contribution >= 4 is 16.7 Å². The standard InChI is InChI=1S/C21H25NO/c23-21(15-16-7-1-2-8-16)22-14-6-13-20(22)19-12-5-10-17-9-3-4-11-18(17)19/h3-5,9-12,16,20H,1-2,6-8,13-15H2. The largest absolute Gasteiger partial charge is 0.336 e. The molecule has 0 spiro atoms. The Labute approximate surface area is 138 Å². The molecule has 1 aliphatic heterocycles. The summed E-state index contributed by atoms with van der Waals surface area (Å²) in [5.41, 5.74) is 1.33. The number of likely N-dealkylation sites (tertiary alicyclic amines) is 1. The Morgan fingerprint density at radius 2 is 1.74 bits per heavy atom. The summed E-state index contributed by atoms with van der Waals surface area (Å²) in [7, 11) is 0. The maximum Gasteiger partial charge on any atom is 0.223 e. The molecule has 2 aromatic carbocycles. The lowest BCUT2D eigenvalue weighted by Gasteiger charge is -2.27. The fourth-order valence-electron chi connectivity index (χ4n) is 4.51. The summed E-state index contributed by atoms with van der Waals surface area (Å²) in [6.45, 7) is 0.930. The summed E-state index contributed by atoms with van der Waals surface area (Å²) in [5.74, 6) is 1.02.